The fraction of sp³-hybridized carbons (Fsp3) is 0.0769. The number of hydrogen-bond acceptors (Lipinski definition) is 3. The average molecular weight is 257 g/mol. The van der Waals surface area contributed by atoms with Crippen LogP contribution < -0.4 is 4.74 Å². The lowest BCUT2D eigenvalue weighted by atomic mass is 10.2. The first-order chi connectivity index (χ1) is 9.20. The number of carboxylic acids is 1. The van der Waals surface area contributed by atoms with Gasteiger partial charge in [-0.15, -0.1) is 0 Å². The van der Waals surface area contributed by atoms with Gasteiger partial charge in [0, 0.05) is 10.9 Å². The molecule has 3 aromatic rings. The number of ether oxygens (including phenoxy) is 1. The molecule has 0 bridgehead atoms. The van der Waals surface area contributed by atoms with E-state index in [0.29, 0.717) is 11.4 Å². The number of nitrogens with zero attached hydrogens (tertiary/aromatic N) is 1. The van der Waals surface area contributed by atoms with Crippen molar-refractivity contribution in [2.45, 2.75) is 0 Å². The van der Waals surface area contributed by atoms with E-state index in [0.717, 1.165) is 16.7 Å². The lowest BCUT2D eigenvalue weighted by Gasteiger charge is -1.99. The number of H-pyrrole nitrogens is 2. The third-order valence-electron chi connectivity index (χ3n) is 2.98. The zero-order chi connectivity index (χ0) is 13.4. The second kappa shape index (κ2) is 4.16. The number of aromatic carboxylic acids is 1. The first kappa shape index (κ1) is 11.3. The smallest absolute Gasteiger partial charge is 0.339 e. The van der Waals surface area contributed by atoms with Crippen molar-refractivity contribution in [3.63, 3.8) is 0 Å². The van der Waals surface area contributed by atoms with Crippen molar-refractivity contribution in [3.05, 3.63) is 36.0 Å². The van der Waals surface area contributed by atoms with Gasteiger partial charge in [-0.05, 0) is 18.2 Å². The maximum atomic E-state index is 11.1. The molecule has 2 aromatic heterocycles. The summed E-state index contributed by atoms with van der Waals surface area (Å²) in [6, 6.07) is 7.46. The van der Waals surface area contributed by atoms with Crippen molar-refractivity contribution in [1.29, 1.82) is 0 Å². The summed E-state index contributed by atoms with van der Waals surface area (Å²) in [5.41, 5.74) is 2.12. The number of aromatic nitrogens is 3. The number of carboxylic acid groups (broad SMARTS) is 1. The molecule has 0 spiro atoms. The number of fused-ring (bicyclic) bond motifs is 1. The lowest BCUT2D eigenvalue weighted by Crippen LogP contribution is -1.96. The largest absolute Gasteiger partial charge is 0.496 e. The molecule has 3 rings (SSSR count). The van der Waals surface area contributed by atoms with Gasteiger partial charge in [0.25, 0.3) is 0 Å². The highest BCUT2D eigenvalue weighted by molar-refractivity contribution is 5.97. The molecule has 19 heavy (non-hydrogen) atoms. The lowest BCUT2D eigenvalue weighted by molar-refractivity contribution is 0.0698. The van der Waals surface area contributed by atoms with Gasteiger partial charge in [0.15, 0.2) is 0 Å². The quantitative estimate of drug-likeness (QED) is 0.671. The van der Waals surface area contributed by atoms with Crippen molar-refractivity contribution in [2.75, 3.05) is 7.11 Å². The van der Waals surface area contributed by atoms with Crippen molar-refractivity contribution in [3.8, 4) is 17.1 Å². The van der Waals surface area contributed by atoms with Crippen molar-refractivity contribution in [1.82, 2.24) is 15.2 Å². The zero-order valence-electron chi connectivity index (χ0n) is 10.1. The van der Waals surface area contributed by atoms with Crippen LogP contribution in [0.1, 0.15) is 10.4 Å². The van der Waals surface area contributed by atoms with Crippen molar-refractivity contribution >= 4 is 16.9 Å². The number of nitrogens with one attached hydrogen (secondary N) is 2. The highest BCUT2D eigenvalue weighted by Gasteiger charge is 2.16. The first-order valence-electron chi connectivity index (χ1n) is 5.63. The van der Waals surface area contributed by atoms with E-state index in [1.54, 1.807) is 7.11 Å². The van der Waals surface area contributed by atoms with Crippen LogP contribution in [0.5, 0.6) is 5.75 Å². The number of benzene rings is 1. The van der Waals surface area contributed by atoms with Crippen LogP contribution in [0.15, 0.2) is 30.5 Å². The van der Waals surface area contributed by atoms with Crippen LogP contribution in [-0.2, 0) is 0 Å². The number of aromatic amines is 2. The molecule has 0 aliphatic rings. The van der Waals surface area contributed by atoms with Crippen molar-refractivity contribution in [2.24, 2.45) is 0 Å². The molecule has 6 nitrogen and oxygen atoms in total. The van der Waals surface area contributed by atoms with E-state index in [4.69, 9.17) is 9.84 Å². The van der Waals surface area contributed by atoms with Gasteiger partial charge in [0.1, 0.15) is 11.3 Å². The Hall–Kier alpha value is -2.76. The van der Waals surface area contributed by atoms with Crippen LogP contribution in [0, 0.1) is 0 Å². The minimum Gasteiger partial charge on any atom is -0.496 e. The van der Waals surface area contributed by atoms with Crippen molar-refractivity contribution < 1.29 is 14.6 Å². The molecule has 0 unspecified atom stereocenters. The summed E-state index contributed by atoms with van der Waals surface area (Å²) in [5.74, 6) is -0.286. The Labute approximate surface area is 108 Å². The molecule has 0 saturated heterocycles. The van der Waals surface area contributed by atoms with E-state index in [-0.39, 0.29) is 5.56 Å². The summed E-state index contributed by atoms with van der Waals surface area (Å²) in [5, 5.41) is 16.5. The zero-order valence-corrected chi connectivity index (χ0v) is 10.1. The summed E-state index contributed by atoms with van der Waals surface area (Å²) >= 11 is 0. The molecule has 0 saturated carbocycles. The minimum atomic E-state index is -1.02. The minimum absolute atomic E-state index is 0.130. The molecule has 96 valence electrons. The van der Waals surface area contributed by atoms with E-state index in [1.165, 1.54) is 6.20 Å². The van der Waals surface area contributed by atoms with Gasteiger partial charge in [-0.25, -0.2) is 4.79 Å². The van der Waals surface area contributed by atoms with E-state index in [1.807, 2.05) is 24.3 Å². The van der Waals surface area contributed by atoms with Crippen LogP contribution in [0.2, 0.25) is 0 Å². The summed E-state index contributed by atoms with van der Waals surface area (Å²) in [6.07, 6.45) is 1.29. The molecule has 0 amide bonds. The summed E-state index contributed by atoms with van der Waals surface area (Å²) in [7, 11) is 1.60. The molecular weight excluding hydrogens is 246 g/mol. The second-order valence-electron chi connectivity index (χ2n) is 4.07. The second-order valence-corrected chi connectivity index (χ2v) is 4.07. The predicted octanol–water partition coefficient (Wildman–Crippen LogP) is 2.26. The molecular formula is C13H11N3O3. The standard InChI is InChI=1S/C13H11N3O3/c1-19-11-4-2-3-9-7(11)5-10(15-9)12-8(13(17)18)6-14-16-12/h2-6,15H,1H3,(H,14,16)(H,17,18). The van der Waals surface area contributed by atoms with Crippen LogP contribution in [0.4, 0.5) is 0 Å². The van der Waals surface area contributed by atoms with Gasteiger partial charge in [-0.2, -0.15) is 5.10 Å². The molecule has 0 radical (unpaired) electrons. The van der Waals surface area contributed by atoms with E-state index >= 15 is 0 Å². The predicted molar refractivity (Wildman–Crippen MR) is 69.4 cm³/mol. The Balaban J connectivity index is 2.21. The first-order valence-corrected chi connectivity index (χ1v) is 5.63. The Morgan fingerprint density at radius 3 is 3.00 bits per heavy atom. The number of carbonyl (C=O) groups is 1. The molecule has 0 atom stereocenters. The topological polar surface area (TPSA) is 91.0 Å². The normalized spacial score (nSPS) is 10.8. The molecule has 0 aliphatic heterocycles. The summed E-state index contributed by atoms with van der Waals surface area (Å²) < 4.78 is 5.27. The maximum Gasteiger partial charge on any atom is 0.339 e. The van der Waals surface area contributed by atoms with Gasteiger partial charge in [-0.3, -0.25) is 5.10 Å². The highest BCUT2D eigenvalue weighted by atomic mass is 16.5. The van der Waals surface area contributed by atoms with Crippen LogP contribution >= 0.6 is 0 Å². The van der Waals surface area contributed by atoms with Gasteiger partial charge in [0.2, 0.25) is 0 Å². The summed E-state index contributed by atoms with van der Waals surface area (Å²) in [6.45, 7) is 0. The molecule has 1 aromatic carbocycles. The molecule has 2 heterocycles. The SMILES string of the molecule is COc1cccc2[nH]c(-c3[nH]ncc3C(=O)O)cc12. The van der Waals surface area contributed by atoms with Crippen LogP contribution in [0.3, 0.4) is 0 Å². The number of methoxy groups -OCH3 is 1. The highest BCUT2D eigenvalue weighted by Crippen LogP contribution is 2.30. The van der Waals surface area contributed by atoms with Gasteiger partial charge in [0.05, 0.1) is 24.7 Å². The molecule has 0 aliphatic carbocycles. The Morgan fingerprint density at radius 1 is 1.42 bits per heavy atom. The Kier molecular flexibility index (Phi) is 2.49. The van der Waals surface area contributed by atoms with Gasteiger partial charge < -0.3 is 14.8 Å². The van der Waals surface area contributed by atoms with Crippen LogP contribution in [0.25, 0.3) is 22.3 Å². The van der Waals surface area contributed by atoms with E-state index in [2.05, 4.69) is 15.2 Å². The fourth-order valence-corrected chi connectivity index (χ4v) is 2.09. The van der Waals surface area contributed by atoms with E-state index in [9.17, 15) is 4.79 Å². The molecule has 3 N–H and O–H groups in total. The number of rotatable bonds is 3. The molecule has 6 heteroatoms. The fourth-order valence-electron chi connectivity index (χ4n) is 2.09. The summed E-state index contributed by atoms with van der Waals surface area (Å²) in [4.78, 5) is 14.2. The Bertz CT molecular complexity index is 757. The monoisotopic (exact) mass is 257 g/mol. The Morgan fingerprint density at radius 2 is 2.26 bits per heavy atom. The maximum absolute atomic E-state index is 11.1. The van der Waals surface area contributed by atoms with E-state index < -0.39 is 5.97 Å². The third kappa shape index (κ3) is 1.74. The van der Waals surface area contributed by atoms with Gasteiger partial charge in [-0.1, -0.05) is 6.07 Å². The number of hydrogen-bond donors (Lipinski definition) is 3. The van der Waals surface area contributed by atoms with Crippen LogP contribution in [-0.4, -0.2) is 33.4 Å². The third-order valence-corrected chi connectivity index (χ3v) is 2.98. The molecule has 0 fully saturated rings. The van der Waals surface area contributed by atoms with Gasteiger partial charge >= 0.3 is 5.97 Å². The average Bonchev–Trinajstić information content (AvgIpc) is 3.03.